The molecule has 0 aromatic heterocycles. The SMILES string of the molecule is CCC(C)NC(=O)C(Cc1ccccc1)N(Cc1c(Cl)cccc1Cl)C(=O)CN(c1cc(C)cc(C)c1)S(=O)(=O)c1ccc(OC)c(OC)c1. The van der Waals surface area contributed by atoms with Crippen molar-refractivity contribution in [1.82, 2.24) is 10.2 Å². The van der Waals surface area contributed by atoms with Gasteiger partial charge in [-0.05, 0) is 80.3 Å². The van der Waals surface area contributed by atoms with Gasteiger partial charge in [0.25, 0.3) is 10.0 Å². The molecule has 0 heterocycles. The lowest BCUT2D eigenvalue weighted by Crippen LogP contribution is -2.54. The van der Waals surface area contributed by atoms with E-state index in [4.69, 9.17) is 32.7 Å². The molecule has 1 N–H and O–H groups in total. The van der Waals surface area contributed by atoms with E-state index in [1.165, 1.54) is 37.3 Å². The topological polar surface area (TPSA) is 105 Å². The summed E-state index contributed by atoms with van der Waals surface area (Å²) in [6.07, 6.45) is 0.820. The Kier molecular flexibility index (Phi) is 13.2. The summed E-state index contributed by atoms with van der Waals surface area (Å²) in [5.41, 5.74) is 3.12. The van der Waals surface area contributed by atoms with Gasteiger partial charge in [0, 0.05) is 40.7 Å². The Hall–Kier alpha value is -4.25. The van der Waals surface area contributed by atoms with Crippen molar-refractivity contribution in [3.05, 3.63) is 117 Å². The molecule has 0 saturated heterocycles. The van der Waals surface area contributed by atoms with Crippen LogP contribution in [0.3, 0.4) is 0 Å². The molecule has 2 unspecified atom stereocenters. The van der Waals surface area contributed by atoms with Crippen LogP contribution in [0.1, 0.15) is 42.5 Å². The van der Waals surface area contributed by atoms with E-state index in [2.05, 4.69) is 5.32 Å². The number of anilines is 1. The van der Waals surface area contributed by atoms with E-state index in [0.29, 0.717) is 27.8 Å². The van der Waals surface area contributed by atoms with Gasteiger partial charge in [-0.15, -0.1) is 0 Å². The van der Waals surface area contributed by atoms with Gasteiger partial charge in [0.15, 0.2) is 11.5 Å². The molecule has 4 aromatic carbocycles. The zero-order chi connectivity index (χ0) is 36.6. The molecule has 0 radical (unpaired) electrons. The van der Waals surface area contributed by atoms with Gasteiger partial charge in [-0.1, -0.05) is 72.6 Å². The Morgan fingerprint density at radius 1 is 0.840 bits per heavy atom. The number of carbonyl (C=O) groups excluding carboxylic acids is 2. The van der Waals surface area contributed by atoms with Crippen LogP contribution in [0.5, 0.6) is 11.5 Å². The molecule has 12 heteroatoms. The maximum absolute atomic E-state index is 14.8. The van der Waals surface area contributed by atoms with Gasteiger partial charge in [0.1, 0.15) is 12.6 Å². The monoisotopic (exact) mass is 739 g/mol. The molecule has 266 valence electrons. The minimum Gasteiger partial charge on any atom is -0.493 e. The summed E-state index contributed by atoms with van der Waals surface area (Å²) in [5, 5.41) is 3.63. The number of halogens is 2. The van der Waals surface area contributed by atoms with Crippen LogP contribution in [0.2, 0.25) is 10.0 Å². The van der Waals surface area contributed by atoms with Crippen LogP contribution in [0.25, 0.3) is 0 Å². The molecule has 0 spiro atoms. The fraction of sp³-hybridized carbons (Fsp3) is 0.316. The van der Waals surface area contributed by atoms with Crippen molar-refractivity contribution in [2.45, 2.75) is 64.1 Å². The van der Waals surface area contributed by atoms with Crippen LogP contribution < -0.4 is 19.1 Å². The Labute approximate surface area is 305 Å². The van der Waals surface area contributed by atoms with Gasteiger partial charge in [0.05, 0.1) is 24.8 Å². The van der Waals surface area contributed by atoms with Gasteiger partial charge in [-0.2, -0.15) is 0 Å². The highest BCUT2D eigenvalue weighted by Crippen LogP contribution is 2.34. The van der Waals surface area contributed by atoms with Crippen molar-refractivity contribution >= 4 is 50.7 Å². The number of nitrogens with one attached hydrogen (secondary N) is 1. The maximum Gasteiger partial charge on any atom is 0.264 e. The molecule has 9 nitrogen and oxygen atoms in total. The lowest BCUT2D eigenvalue weighted by atomic mass is 10.0. The summed E-state index contributed by atoms with van der Waals surface area (Å²) in [4.78, 5) is 30.2. The van der Waals surface area contributed by atoms with Crippen LogP contribution in [0, 0.1) is 13.8 Å². The van der Waals surface area contributed by atoms with Gasteiger partial charge in [-0.3, -0.25) is 13.9 Å². The summed E-state index contributed by atoms with van der Waals surface area (Å²) in [7, 11) is -1.53. The Balaban J connectivity index is 1.89. The molecule has 2 amide bonds. The molecular weight excluding hydrogens is 697 g/mol. The third-order valence-corrected chi connectivity index (χ3v) is 10.9. The van der Waals surface area contributed by atoms with E-state index in [9.17, 15) is 18.0 Å². The molecule has 0 aliphatic heterocycles. The zero-order valence-corrected chi connectivity index (χ0v) is 31.4. The number of rotatable bonds is 15. The predicted molar refractivity (Wildman–Crippen MR) is 199 cm³/mol. The van der Waals surface area contributed by atoms with Crippen LogP contribution in [0.4, 0.5) is 5.69 Å². The largest absolute Gasteiger partial charge is 0.493 e. The first kappa shape index (κ1) is 38.6. The lowest BCUT2D eigenvalue weighted by molar-refractivity contribution is -0.140. The summed E-state index contributed by atoms with van der Waals surface area (Å²) in [5.74, 6) is -0.468. The number of carbonyl (C=O) groups is 2. The highest BCUT2D eigenvalue weighted by molar-refractivity contribution is 7.92. The standard InChI is InChI=1S/C38H43Cl2N3O6S/c1-7-27(4)41-38(45)34(21-28-12-9-8-10-13-28)42(23-31-32(39)14-11-15-33(31)40)37(44)24-43(29-19-25(2)18-26(3)20-29)50(46,47)30-16-17-35(48-5)36(22-30)49-6/h8-20,22,27,34H,7,21,23-24H2,1-6H3,(H,41,45). The van der Waals surface area contributed by atoms with Crippen molar-refractivity contribution in [2.24, 2.45) is 0 Å². The van der Waals surface area contributed by atoms with Gasteiger partial charge in [-0.25, -0.2) is 8.42 Å². The number of methoxy groups -OCH3 is 2. The van der Waals surface area contributed by atoms with E-state index in [-0.39, 0.29) is 41.2 Å². The first-order valence-electron chi connectivity index (χ1n) is 16.2. The van der Waals surface area contributed by atoms with Crippen molar-refractivity contribution in [1.29, 1.82) is 0 Å². The molecule has 4 rings (SSSR count). The van der Waals surface area contributed by atoms with Crippen LogP contribution in [0.15, 0.2) is 89.8 Å². The zero-order valence-electron chi connectivity index (χ0n) is 29.1. The van der Waals surface area contributed by atoms with E-state index in [1.54, 1.807) is 30.3 Å². The number of nitrogens with zero attached hydrogens (tertiary/aromatic N) is 2. The molecule has 0 aliphatic rings. The van der Waals surface area contributed by atoms with E-state index in [0.717, 1.165) is 21.0 Å². The van der Waals surface area contributed by atoms with Crippen LogP contribution in [-0.4, -0.2) is 58.0 Å². The second-order valence-corrected chi connectivity index (χ2v) is 14.8. The quantitative estimate of drug-likeness (QED) is 0.137. The number of hydrogen-bond acceptors (Lipinski definition) is 6. The third-order valence-electron chi connectivity index (χ3n) is 8.38. The number of sulfonamides is 1. The van der Waals surface area contributed by atoms with Crippen molar-refractivity contribution in [3.8, 4) is 11.5 Å². The highest BCUT2D eigenvalue weighted by atomic mass is 35.5. The fourth-order valence-corrected chi connectivity index (χ4v) is 7.51. The van der Waals surface area contributed by atoms with Gasteiger partial charge < -0.3 is 19.7 Å². The molecule has 50 heavy (non-hydrogen) atoms. The minimum absolute atomic E-state index is 0.113. The number of hydrogen-bond donors (Lipinski definition) is 1. The minimum atomic E-state index is -4.39. The predicted octanol–water partition coefficient (Wildman–Crippen LogP) is 7.38. The Bertz CT molecular complexity index is 1880. The highest BCUT2D eigenvalue weighted by Gasteiger charge is 2.36. The van der Waals surface area contributed by atoms with Crippen molar-refractivity contribution in [3.63, 3.8) is 0 Å². The van der Waals surface area contributed by atoms with Crippen molar-refractivity contribution < 1.29 is 27.5 Å². The second kappa shape index (κ2) is 17.1. The summed E-state index contributed by atoms with van der Waals surface area (Å²) in [6.45, 7) is 6.74. The van der Waals surface area contributed by atoms with E-state index < -0.39 is 28.5 Å². The van der Waals surface area contributed by atoms with Crippen LogP contribution in [-0.2, 0) is 32.6 Å². The number of ether oxygens (including phenoxy) is 2. The lowest BCUT2D eigenvalue weighted by Gasteiger charge is -2.34. The van der Waals surface area contributed by atoms with Crippen molar-refractivity contribution in [2.75, 3.05) is 25.1 Å². The summed E-state index contributed by atoms with van der Waals surface area (Å²) >= 11 is 13.2. The van der Waals surface area contributed by atoms with Gasteiger partial charge >= 0.3 is 0 Å². The smallest absolute Gasteiger partial charge is 0.264 e. The molecule has 4 aromatic rings. The first-order chi connectivity index (χ1) is 23.8. The van der Waals surface area contributed by atoms with Gasteiger partial charge in [0.2, 0.25) is 11.8 Å². The Morgan fingerprint density at radius 2 is 1.46 bits per heavy atom. The number of aryl methyl sites for hydroxylation is 2. The molecule has 0 bridgehead atoms. The first-order valence-corrected chi connectivity index (χ1v) is 18.4. The molecule has 2 atom stereocenters. The molecule has 0 fully saturated rings. The van der Waals surface area contributed by atoms with E-state index >= 15 is 0 Å². The normalized spacial score (nSPS) is 12.5. The second-order valence-electron chi connectivity index (χ2n) is 12.1. The third kappa shape index (κ3) is 9.29. The summed E-state index contributed by atoms with van der Waals surface area (Å²) < 4.78 is 40.9. The number of benzene rings is 4. The average molecular weight is 741 g/mol. The summed E-state index contributed by atoms with van der Waals surface area (Å²) in [6, 6.07) is 22.6. The molecule has 0 aliphatic carbocycles. The number of amides is 2. The van der Waals surface area contributed by atoms with Crippen LogP contribution >= 0.6 is 23.2 Å². The molecular formula is C38H43Cl2N3O6S. The van der Waals surface area contributed by atoms with E-state index in [1.807, 2.05) is 64.1 Å². The fourth-order valence-electron chi connectivity index (χ4n) is 5.58. The average Bonchev–Trinajstić information content (AvgIpc) is 3.09. The molecule has 0 saturated carbocycles. The Morgan fingerprint density at radius 3 is 2.04 bits per heavy atom. The maximum atomic E-state index is 14.8.